The molecule has 1 aliphatic heterocycles. The number of hydrogen-bond acceptors (Lipinski definition) is 3. The maximum absolute atomic E-state index is 13.1. The Balaban J connectivity index is 1.54. The highest BCUT2D eigenvalue weighted by Crippen LogP contribution is 2.40. The summed E-state index contributed by atoms with van der Waals surface area (Å²) in [4.78, 5) is 22.5. The Bertz CT molecular complexity index is 1080. The molecule has 8 heteroatoms. The first-order valence-electron chi connectivity index (χ1n) is 10.1. The Hall–Kier alpha value is -3.26. The molecule has 6 nitrogen and oxygen atoms in total. The Labute approximate surface area is 185 Å². The molecule has 0 saturated carbocycles. The van der Waals surface area contributed by atoms with Gasteiger partial charge in [0.05, 0.1) is 17.8 Å². The van der Waals surface area contributed by atoms with Crippen LogP contribution in [0.3, 0.4) is 0 Å². The monoisotopic (exact) mass is 437 g/mol. The lowest BCUT2D eigenvalue weighted by molar-refractivity contribution is -0.116. The van der Waals surface area contributed by atoms with Gasteiger partial charge in [-0.3, -0.25) is 9.78 Å². The first-order valence-corrected chi connectivity index (χ1v) is 10.5. The number of hydrogen-bond donors (Lipinski definition) is 3. The van der Waals surface area contributed by atoms with Crippen LogP contribution in [0.15, 0.2) is 54.7 Å². The summed E-state index contributed by atoms with van der Waals surface area (Å²) in [6.45, 7) is 4.50. The number of aromatic amines is 1. The highest BCUT2D eigenvalue weighted by molar-refractivity contribution is 7.80. The third-order valence-corrected chi connectivity index (χ3v) is 5.77. The van der Waals surface area contributed by atoms with Crippen LogP contribution in [0.2, 0.25) is 0 Å². The average molecular weight is 438 g/mol. The minimum absolute atomic E-state index is 0.0917. The number of rotatable bonds is 6. The lowest BCUT2D eigenvalue weighted by Crippen LogP contribution is -2.32. The van der Waals surface area contributed by atoms with Crippen LogP contribution in [0.25, 0.3) is 0 Å². The molecule has 1 fully saturated rings. The van der Waals surface area contributed by atoms with Crippen LogP contribution in [0, 0.1) is 19.7 Å². The summed E-state index contributed by atoms with van der Waals surface area (Å²) in [5, 5.41) is 6.79. The summed E-state index contributed by atoms with van der Waals surface area (Å²) in [5.41, 5.74) is 4.72. The number of carbonyl (C=O) groups excluding carboxylic acids is 1. The van der Waals surface area contributed by atoms with Gasteiger partial charge in [0.1, 0.15) is 5.82 Å². The zero-order valence-electron chi connectivity index (χ0n) is 17.4. The van der Waals surface area contributed by atoms with Crippen molar-refractivity contribution in [3.8, 4) is 0 Å². The molecule has 2 atom stereocenters. The Morgan fingerprint density at radius 2 is 2.00 bits per heavy atom. The number of thiocarbonyl (C=S) groups is 1. The van der Waals surface area contributed by atoms with Gasteiger partial charge >= 0.3 is 0 Å². The largest absolute Gasteiger partial charge is 0.362 e. The molecule has 2 aromatic heterocycles. The molecule has 0 unspecified atom stereocenters. The summed E-state index contributed by atoms with van der Waals surface area (Å²) in [6.07, 6.45) is 2.01. The quantitative estimate of drug-likeness (QED) is 0.505. The van der Waals surface area contributed by atoms with Crippen molar-refractivity contribution < 1.29 is 9.18 Å². The van der Waals surface area contributed by atoms with Gasteiger partial charge in [-0.1, -0.05) is 6.07 Å². The van der Waals surface area contributed by atoms with Crippen molar-refractivity contribution in [2.45, 2.75) is 32.4 Å². The van der Waals surface area contributed by atoms with Gasteiger partial charge in [-0.25, -0.2) is 4.39 Å². The molecular weight excluding hydrogens is 413 g/mol. The molecule has 0 bridgehead atoms. The maximum atomic E-state index is 13.1. The molecule has 1 saturated heterocycles. The number of benzene rings is 1. The SMILES string of the molecule is Cc1cc([C@@H]2[C@H](c3ccccn3)NC(=S)N2CCC(=O)Nc2ccc(F)cc2)c(C)[nH]1. The smallest absolute Gasteiger partial charge is 0.226 e. The molecule has 1 aliphatic rings. The highest BCUT2D eigenvalue weighted by Gasteiger charge is 2.40. The van der Waals surface area contributed by atoms with Gasteiger partial charge in [0.2, 0.25) is 5.91 Å². The molecule has 3 aromatic rings. The first kappa shape index (κ1) is 21.0. The van der Waals surface area contributed by atoms with Crippen molar-refractivity contribution in [2.75, 3.05) is 11.9 Å². The number of aromatic nitrogens is 2. The second-order valence-electron chi connectivity index (χ2n) is 7.66. The van der Waals surface area contributed by atoms with E-state index in [1.807, 2.05) is 32.0 Å². The number of pyridine rings is 1. The molecular formula is C23H24FN5OS. The normalized spacial score (nSPS) is 18.2. The van der Waals surface area contributed by atoms with Crippen molar-refractivity contribution in [3.63, 3.8) is 0 Å². The molecule has 3 N–H and O–H groups in total. The Kier molecular flexibility index (Phi) is 5.99. The van der Waals surface area contributed by atoms with Crippen LogP contribution < -0.4 is 10.6 Å². The van der Waals surface area contributed by atoms with Crippen LogP contribution in [-0.4, -0.2) is 32.4 Å². The molecule has 31 heavy (non-hydrogen) atoms. The predicted molar refractivity (Wildman–Crippen MR) is 122 cm³/mol. The van der Waals surface area contributed by atoms with Crippen molar-refractivity contribution in [2.24, 2.45) is 0 Å². The zero-order valence-corrected chi connectivity index (χ0v) is 18.2. The van der Waals surface area contributed by atoms with Gasteiger partial charge in [-0.2, -0.15) is 0 Å². The number of amides is 1. The Morgan fingerprint density at radius 1 is 1.23 bits per heavy atom. The Morgan fingerprint density at radius 3 is 2.65 bits per heavy atom. The summed E-state index contributed by atoms with van der Waals surface area (Å²) in [7, 11) is 0. The summed E-state index contributed by atoms with van der Waals surface area (Å²) < 4.78 is 13.1. The number of aryl methyl sites for hydroxylation is 2. The van der Waals surface area contributed by atoms with E-state index >= 15 is 0 Å². The van der Waals surface area contributed by atoms with Crippen LogP contribution in [-0.2, 0) is 4.79 Å². The standard InChI is InChI=1S/C23H24FN5OS/c1-14-13-18(15(2)26-14)22-21(19-5-3-4-11-25-19)28-23(31)29(22)12-10-20(30)27-17-8-6-16(24)7-9-17/h3-9,11,13,21-22,26H,10,12H2,1-2H3,(H,27,30)(H,28,31)/t21-,22+/m0/s1. The third kappa shape index (κ3) is 4.59. The van der Waals surface area contributed by atoms with E-state index in [1.54, 1.807) is 18.3 Å². The van der Waals surface area contributed by atoms with E-state index in [2.05, 4.69) is 31.6 Å². The summed E-state index contributed by atoms with van der Waals surface area (Å²) in [6, 6.07) is 13.5. The number of anilines is 1. The minimum Gasteiger partial charge on any atom is -0.362 e. The van der Waals surface area contributed by atoms with E-state index in [1.165, 1.54) is 12.1 Å². The first-order chi connectivity index (χ1) is 14.9. The molecule has 1 aromatic carbocycles. The lowest BCUT2D eigenvalue weighted by Gasteiger charge is -2.27. The fraction of sp³-hybridized carbons (Fsp3) is 0.261. The van der Waals surface area contributed by atoms with Crippen LogP contribution >= 0.6 is 12.2 Å². The third-order valence-electron chi connectivity index (χ3n) is 5.41. The number of nitrogens with one attached hydrogen (secondary N) is 3. The van der Waals surface area contributed by atoms with E-state index in [0.717, 1.165) is 22.6 Å². The summed E-state index contributed by atoms with van der Waals surface area (Å²) >= 11 is 5.64. The van der Waals surface area contributed by atoms with Crippen LogP contribution in [0.1, 0.15) is 41.1 Å². The van der Waals surface area contributed by atoms with E-state index in [9.17, 15) is 9.18 Å². The summed E-state index contributed by atoms with van der Waals surface area (Å²) in [5.74, 6) is -0.497. The zero-order chi connectivity index (χ0) is 22.0. The second-order valence-corrected chi connectivity index (χ2v) is 8.04. The highest BCUT2D eigenvalue weighted by atomic mass is 32.1. The van der Waals surface area contributed by atoms with E-state index in [0.29, 0.717) is 17.3 Å². The maximum Gasteiger partial charge on any atom is 0.226 e. The molecule has 0 spiro atoms. The molecule has 0 aliphatic carbocycles. The molecule has 3 heterocycles. The van der Waals surface area contributed by atoms with Crippen LogP contribution in [0.4, 0.5) is 10.1 Å². The topological polar surface area (TPSA) is 73.1 Å². The van der Waals surface area contributed by atoms with Crippen molar-refractivity contribution in [1.82, 2.24) is 20.2 Å². The number of nitrogens with zero attached hydrogens (tertiary/aromatic N) is 2. The number of carbonyl (C=O) groups is 1. The molecule has 0 radical (unpaired) electrons. The van der Waals surface area contributed by atoms with Gasteiger partial charge in [0.25, 0.3) is 0 Å². The average Bonchev–Trinajstić information content (AvgIpc) is 3.26. The van der Waals surface area contributed by atoms with Gasteiger partial charge in [-0.15, -0.1) is 0 Å². The van der Waals surface area contributed by atoms with Gasteiger partial charge < -0.3 is 20.5 Å². The van der Waals surface area contributed by atoms with Crippen LogP contribution in [0.5, 0.6) is 0 Å². The molecule has 1 amide bonds. The fourth-order valence-electron chi connectivity index (χ4n) is 4.02. The predicted octanol–water partition coefficient (Wildman–Crippen LogP) is 4.17. The van der Waals surface area contributed by atoms with E-state index < -0.39 is 0 Å². The van der Waals surface area contributed by atoms with Gasteiger partial charge in [-0.05, 0) is 74.1 Å². The second kappa shape index (κ2) is 8.85. The number of H-pyrrole nitrogens is 1. The fourth-order valence-corrected chi connectivity index (χ4v) is 4.35. The lowest BCUT2D eigenvalue weighted by atomic mass is 9.96. The number of halogens is 1. The van der Waals surface area contributed by atoms with E-state index in [4.69, 9.17) is 12.2 Å². The van der Waals surface area contributed by atoms with Gasteiger partial charge in [0, 0.05) is 36.2 Å². The van der Waals surface area contributed by atoms with Gasteiger partial charge in [0.15, 0.2) is 5.11 Å². The van der Waals surface area contributed by atoms with E-state index in [-0.39, 0.29) is 30.2 Å². The van der Waals surface area contributed by atoms with Crippen molar-refractivity contribution >= 4 is 28.9 Å². The molecule has 160 valence electrons. The van der Waals surface area contributed by atoms with Crippen molar-refractivity contribution in [1.29, 1.82) is 0 Å². The van der Waals surface area contributed by atoms with Crippen molar-refractivity contribution in [3.05, 3.63) is 83.2 Å². The molecule has 4 rings (SSSR count). The minimum atomic E-state index is -0.341.